The Bertz CT molecular complexity index is 970. The van der Waals surface area contributed by atoms with E-state index < -0.39 is 17.6 Å². The molecule has 0 radical (unpaired) electrons. The highest BCUT2D eigenvalue weighted by Gasteiger charge is 2.30. The van der Waals surface area contributed by atoms with Crippen LogP contribution in [0.25, 0.3) is 11.4 Å². The number of carbonyl (C=O) groups is 1. The number of carbonyl (C=O) groups excluding carboxylic acids is 1. The molecule has 0 fully saturated rings. The van der Waals surface area contributed by atoms with Crippen LogP contribution in [0.2, 0.25) is 0 Å². The number of nitrogens with one attached hydrogen (secondary N) is 1. The lowest BCUT2D eigenvalue weighted by molar-refractivity contribution is -0.137. The molecule has 146 valence electrons. The molecular formula is C19H16F3N3O3. The average molecular weight is 391 g/mol. The molecule has 0 unspecified atom stereocenters. The van der Waals surface area contributed by atoms with Crippen molar-refractivity contribution in [3.63, 3.8) is 0 Å². The number of alkyl halides is 3. The van der Waals surface area contributed by atoms with Gasteiger partial charge in [-0.3, -0.25) is 4.79 Å². The van der Waals surface area contributed by atoms with Gasteiger partial charge in [0, 0.05) is 24.1 Å². The molecule has 1 amide bonds. The van der Waals surface area contributed by atoms with Gasteiger partial charge in [0.15, 0.2) is 0 Å². The molecule has 1 heterocycles. The number of anilines is 1. The largest absolute Gasteiger partial charge is 0.497 e. The summed E-state index contributed by atoms with van der Waals surface area (Å²) in [7, 11) is 1.55. The Morgan fingerprint density at radius 1 is 1.18 bits per heavy atom. The Hall–Kier alpha value is -3.36. The van der Waals surface area contributed by atoms with E-state index in [-0.39, 0.29) is 24.4 Å². The zero-order valence-corrected chi connectivity index (χ0v) is 14.8. The molecule has 2 aromatic carbocycles. The Labute approximate surface area is 158 Å². The minimum absolute atomic E-state index is 0.0179. The molecule has 6 nitrogen and oxygen atoms in total. The summed E-state index contributed by atoms with van der Waals surface area (Å²) in [5, 5.41) is 6.30. The van der Waals surface area contributed by atoms with Gasteiger partial charge in [-0.05, 0) is 30.3 Å². The fraction of sp³-hybridized carbons (Fsp3) is 0.211. The van der Waals surface area contributed by atoms with E-state index >= 15 is 0 Å². The quantitative estimate of drug-likeness (QED) is 0.677. The summed E-state index contributed by atoms with van der Waals surface area (Å²) in [5.41, 5.74) is -0.0599. The minimum atomic E-state index is -4.47. The first-order valence-corrected chi connectivity index (χ1v) is 8.29. The average Bonchev–Trinajstić information content (AvgIpc) is 3.15. The van der Waals surface area contributed by atoms with Crippen LogP contribution in [0.3, 0.4) is 0 Å². The van der Waals surface area contributed by atoms with Gasteiger partial charge in [0.25, 0.3) is 0 Å². The van der Waals surface area contributed by atoms with Crippen LogP contribution < -0.4 is 10.1 Å². The van der Waals surface area contributed by atoms with Crippen LogP contribution in [0.5, 0.6) is 5.75 Å². The van der Waals surface area contributed by atoms with E-state index in [1.165, 1.54) is 12.1 Å². The summed E-state index contributed by atoms with van der Waals surface area (Å²) < 4.78 is 48.4. The predicted molar refractivity (Wildman–Crippen MR) is 94.7 cm³/mol. The van der Waals surface area contributed by atoms with Gasteiger partial charge in [-0.15, -0.1) is 0 Å². The summed E-state index contributed by atoms with van der Waals surface area (Å²) in [6, 6.07) is 11.5. The Morgan fingerprint density at radius 3 is 2.71 bits per heavy atom. The smallest absolute Gasteiger partial charge is 0.416 e. The molecule has 1 N–H and O–H groups in total. The Morgan fingerprint density at radius 2 is 1.96 bits per heavy atom. The van der Waals surface area contributed by atoms with E-state index in [9.17, 15) is 18.0 Å². The van der Waals surface area contributed by atoms with Gasteiger partial charge in [0.1, 0.15) is 5.75 Å². The van der Waals surface area contributed by atoms with Crippen LogP contribution >= 0.6 is 0 Å². The number of amides is 1. The number of halogens is 3. The lowest BCUT2D eigenvalue weighted by Gasteiger charge is -2.09. The van der Waals surface area contributed by atoms with E-state index in [2.05, 4.69) is 15.5 Å². The Balaban J connectivity index is 1.59. The zero-order valence-electron chi connectivity index (χ0n) is 14.8. The van der Waals surface area contributed by atoms with Crippen molar-refractivity contribution in [1.29, 1.82) is 0 Å². The summed E-state index contributed by atoms with van der Waals surface area (Å²) >= 11 is 0. The maximum Gasteiger partial charge on any atom is 0.416 e. The second-order valence-corrected chi connectivity index (χ2v) is 5.87. The third-order valence-electron chi connectivity index (χ3n) is 3.84. The third kappa shape index (κ3) is 4.87. The first-order valence-electron chi connectivity index (χ1n) is 8.29. The molecule has 0 aliphatic heterocycles. The van der Waals surface area contributed by atoms with Gasteiger partial charge in [-0.25, -0.2) is 0 Å². The molecule has 0 saturated heterocycles. The van der Waals surface area contributed by atoms with Crippen molar-refractivity contribution in [2.24, 2.45) is 0 Å². The predicted octanol–water partition coefficient (Wildman–Crippen LogP) is 4.34. The maximum absolute atomic E-state index is 12.7. The fourth-order valence-corrected chi connectivity index (χ4v) is 2.45. The minimum Gasteiger partial charge on any atom is -0.497 e. The van der Waals surface area contributed by atoms with Crippen LogP contribution in [-0.2, 0) is 17.4 Å². The molecule has 0 spiro atoms. The normalized spacial score (nSPS) is 11.3. The van der Waals surface area contributed by atoms with E-state index in [1.54, 1.807) is 31.4 Å². The number of nitrogens with zero attached hydrogens (tertiary/aromatic N) is 2. The van der Waals surface area contributed by atoms with Crippen molar-refractivity contribution in [3.05, 3.63) is 60.0 Å². The number of ether oxygens (including phenoxy) is 1. The van der Waals surface area contributed by atoms with Crippen molar-refractivity contribution in [2.75, 3.05) is 12.4 Å². The van der Waals surface area contributed by atoms with Crippen molar-refractivity contribution < 1.29 is 27.2 Å². The van der Waals surface area contributed by atoms with Crippen LogP contribution in [0.1, 0.15) is 17.9 Å². The first kappa shape index (κ1) is 19.4. The molecule has 0 bridgehead atoms. The SMILES string of the molecule is COc1cccc(-c2noc(CCC(=O)Nc3cccc(C(F)(F)F)c3)n2)c1. The van der Waals surface area contributed by atoms with Gasteiger partial charge in [-0.2, -0.15) is 18.2 Å². The van der Waals surface area contributed by atoms with Gasteiger partial charge in [-0.1, -0.05) is 23.4 Å². The number of hydrogen-bond donors (Lipinski definition) is 1. The van der Waals surface area contributed by atoms with Crippen LogP contribution in [0.4, 0.5) is 18.9 Å². The molecule has 0 aliphatic carbocycles. The summed E-state index contributed by atoms with van der Waals surface area (Å²) in [5.74, 6) is 0.786. The molecule has 0 saturated carbocycles. The molecule has 28 heavy (non-hydrogen) atoms. The highest BCUT2D eigenvalue weighted by Crippen LogP contribution is 2.30. The standard InChI is InChI=1S/C19H16F3N3O3/c1-27-15-7-2-4-12(10-15)18-24-17(28-25-18)9-8-16(26)23-14-6-3-5-13(11-14)19(20,21)22/h2-7,10-11H,8-9H2,1H3,(H,23,26). The van der Waals surface area contributed by atoms with Crippen molar-refractivity contribution in [2.45, 2.75) is 19.0 Å². The van der Waals surface area contributed by atoms with E-state index in [1.807, 2.05) is 0 Å². The van der Waals surface area contributed by atoms with E-state index in [0.29, 0.717) is 17.1 Å². The van der Waals surface area contributed by atoms with Crippen molar-refractivity contribution in [3.8, 4) is 17.1 Å². The van der Waals surface area contributed by atoms with Crippen molar-refractivity contribution in [1.82, 2.24) is 10.1 Å². The van der Waals surface area contributed by atoms with Crippen LogP contribution in [-0.4, -0.2) is 23.2 Å². The molecule has 1 aromatic heterocycles. The number of hydrogen-bond acceptors (Lipinski definition) is 5. The molecule has 3 rings (SSSR count). The van der Waals surface area contributed by atoms with E-state index in [0.717, 1.165) is 12.1 Å². The van der Waals surface area contributed by atoms with Gasteiger partial charge >= 0.3 is 6.18 Å². The van der Waals surface area contributed by atoms with E-state index in [4.69, 9.17) is 9.26 Å². The number of methoxy groups -OCH3 is 1. The second-order valence-electron chi connectivity index (χ2n) is 5.87. The summed E-state index contributed by atoms with van der Waals surface area (Å²) in [6.07, 6.45) is -4.33. The highest BCUT2D eigenvalue weighted by atomic mass is 19.4. The molecular weight excluding hydrogens is 375 g/mol. The number of aryl methyl sites for hydroxylation is 1. The topological polar surface area (TPSA) is 77.2 Å². The fourth-order valence-electron chi connectivity index (χ4n) is 2.45. The van der Waals surface area contributed by atoms with Gasteiger partial charge < -0.3 is 14.6 Å². The molecule has 3 aromatic rings. The van der Waals surface area contributed by atoms with Crippen molar-refractivity contribution >= 4 is 11.6 Å². The molecule has 9 heteroatoms. The van der Waals surface area contributed by atoms with Crippen LogP contribution in [0.15, 0.2) is 53.1 Å². The maximum atomic E-state index is 12.7. The van der Waals surface area contributed by atoms with Crippen LogP contribution in [0, 0.1) is 0 Å². The number of rotatable bonds is 6. The lowest BCUT2D eigenvalue weighted by atomic mass is 10.2. The number of benzene rings is 2. The first-order chi connectivity index (χ1) is 13.3. The monoisotopic (exact) mass is 391 g/mol. The third-order valence-corrected chi connectivity index (χ3v) is 3.84. The van der Waals surface area contributed by atoms with Gasteiger partial charge in [0.2, 0.25) is 17.6 Å². The lowest BCUT2D eigenvalue weighted by Crippen LogP contribution is -2.13. The molecule has 0 atom stereocenters. The van der Waals surface area contributed by atoms with Gasteiger partial charge in [0.05, 0.1) is 12.7 Å². The zero-order chi connectivity index (χ0) is 20.1. The highest BCUT2D eigenvalue weighted by molar-refractivity contribution is 5.90. The second kappa shape index (κ2) is 8.12. The molecule has 0 aliphatic rings. The summed E-state index contributed by atoms with van der Waals surface area (Å²) in [4.78, 5) is 16.2. The summed E-state index contributed by atoms with van der Waals surface area (Å²) in [6.45, 7) is 0. The Kier molecular flexibility index (Phi) is 5.62. The number of aromatic nitrogens is 2.